The fraction of sp³-hybridized carbons (Fsp3) is 0.611. The molecule has 23 heavy (non-hydrogen) atoms. The van der Waals surface area contributed by atoms with E-state index in [0.29, 0.717) is 6.54 Å². The van der Waals surface area contributed by atoms with Gasteiger partial charge in [0.25, 0.3) is 0 Å². The van der Waals surface area contributed by atoms with E-state index < -0.39 is 5.60 Å². The summed E-state index contributed by atoms with van der Waals surface area (Å²) in [4.78, 5) is 14.5. The van der Waals surface area contributed by atoms with Crippen molar-refractivity contribution in [2.75, 3.05) is 7.11 Å². The normalized spacial score (nSPS) is 15.5. The zero-order chi connectivity index (χ0) is 17.0. The molecule has 1 fully saturated rings. The van der Waals surface area contributed by atoms with Crippen molar-refractivity contribution < 1.29 is 14.3 Å². The van der Waals surface area contributed by atoms with Gasteiger partial charge < -0.3 is 14.4 Å². The fourth-order valence-electron chi connectivity index (χ4n) is 2.97. The SMILES string of the molecule is COc1c(Br)cccc1CN(C(=O)OC(C)(C)C)C1CCCC1. The number of nitrogens with zero attached hydrogens (tertiary/aromatic N) is 1. The molecule has 0 unspecified atom stereocenters. The molecule has 0 saturated heterocycles. The Labute approximate surface area is 147 Å². The molecule has 0 atom stereocenters. The van der Waals surface area contributed by atoms with Crippen LogP contribution in [-0.4, -0.2) is 29.7 Å². The van der Waals surface area contributed by atoms with E-state index in [0.717, 1.165) is 28.6 Å². The lowest BCUT2D eigenvalue weighted by Gasteiger charge is -2.32. The summed E-state index contributed by atoms with van der Waals surface area (Å²) in [6.07, 6.45) is 4.16. The van der Waals surface area contributed by atoms with Crippen LogP contribution in [0.1, 0.15) is 52.0 Å². The second-order valence-electron chi connectivity index (χ2n) is 6.98. The number of carbonyl (C=O) groups is 1. The highest BCUT2D eigenvalue weighted by atomic mass is 79.9. The van der Waals surface area contributed by atoms with Crippen molar-refractivity contribution in [3.05, 3.63) is 28.2 Å². The van der Waals surface area contributed by atoms with E-state index in [1.165, 1.54) is 12.8 Å². The van der Waals surface area contributed by atoms with Gasteiger partial charge in [-0.3, -0.25) is 0 Å². The third-order valence-electron chi connectivity index (χ3n) is 3.99. The highest BCUT2D eigenvalue weighted by Crippen LogP contribution is 2.32. The minimum Gasteiger partial charge on any atom is -0.495 e. The first-order valence-electron chi connectivity index (χ1n) is 8.13. The zero-order valence-corrected chi connectivity index (χ0v) is 16.0. The topological polar surface area (TPSA) is 38.8 Å². The van der Waals surface area contributed by atoms with Crippen LogP contribution in [0.15, 0.2) is 22.7 Å². The van der Waals surface area contributed by atoms with Gasteiger partial charge in [0.05, 0.1) is 18.1 Å². The predicted octanol–water partition coefficient (Wildman–Crippen LogP) is 5.14. The number of rotatable bonds is 4. The number of hydrogen-bond acceptors (Lipinski definition) is 3. The number of methoxy groups -OCH3 is 1. The smallest absolute Gasteiger partial charge is 0.410 e. The minimum atomic E-state index is -0.491. The Morgan fingerprint density at radius 2 is 1.96 bits per heavy atom. The lowest BCUT2D eigenvalue weighted by Crippen LogP contribution is -2.41. The Hall–Kier alpha value is -1.23. The molecule has 0 radical (unpaired) electrons. The maximum absolute atomic E-state index is 12.7. The van der Waals surface area contributed by atoms with E-state index in [-0.39, 0.29) is 12.1 Å². The molecule has 1 aliphatic rings. The van der Waals surface area contributed by atoms with Gasteiger partial charge in [0.15, 0.2) is 0 Å². The van der Waals surface area contributed by atoms with E-state index in [9.17, 15) is 4.79 Å². The van der Waals surface area contributed by atoms with Crippen molar-refractivity contribution in [2.45, 2.75) is 64.6 Å². The zero-order valence-electron chi connectivity index (χ0n) is 14.4. The number of benzene rings is 1. The maximum atomic E-state index is 12.7. The molecule has 0 heterocycles. The summed E-state index contributed by atoms with van der Waals surface area (Å²) in [5.41, 5.74) is 0.495. The molecule has 0 N–H and O–H groups in total. The second-order valence-corrected chi connectivity index (χ2v) is 7.83. The van der Waals surface area contributed by atoms with Crippen LogP contribution in [0.5, 0.6) is 5.75 Å². The number of halogens is 1. The average molecular weight is 384 g/mol. The van der Waals surface area contributed by atoms with E-state index >= 15 is 0 Å². The second kappa shape index (κ2) is 7.56. The van der Waals surface area contributed by atoms with Gasteiger partial charge in [-0.25, -0.2) is 4.79 Å². The summed E-state index contributed by atoms with van der Waals surface area (Å²) >= 11 is 3.51. The van der Waals surface area contributed by atoms with Crippen LogP contribution in [0.4, 0.5) is 4.79 Å². The molecule has 0 spiro atoms. The van der Waals surface area contributed by atoms with Crippen molar-refractivity contribution in [3.8, 4) is 5.75 Å². The number of ether oxygens (including phenoxy) is 2. The van der Waals surface area contributed by atoms with E-state index in [4.69, 9.17) is 9.47 Å². The quantitative estimate of drug-likeness (QED) is 0.722. The molecule has 0 bridgehead atoms. The molecule has 1 saturated carbocycles. The highest BCUT2D eigenvalue weighted by molar-refractivity contribution is 9.10. The Balaban J connectivity index is 2.24. The first kappa shape index (κ1) is 18.1. The number of carbonyl (C=O) groups excluding carboxylic acids is 1. The van der Waals surface area contributed by atoms with E-state index in [1.54, 1.807) is 7.11 Å². The standard InChI is InChI=1S/C18H26BrNO3/c1-18(2,3)23-17(21)20(14-9-5-6-10-14)12-13-8-7-11-15(19)16(13)22-4/h7-8,11,14H,5-6,9-10,12H2,1-4H3. The number of hydrogen-bond donors (Lipinski definition) is 0. The van der Waals surface area contributed by atoms with Gasteiger partial charge in [-0.05, 0) is 55.6 Å². The molecule has 1 aromatic rings. The van der Waals surface area contributed by atoms with Gasteiger partial charge in [0.2, 0.25) is 0 Å². The van der Waals surface area contributed by atoms with Crippen LogP contribution in [-0.2, 0) is 11.3 Å². The predicted molar refractivity (Wildman–Crippen MR) is 94.7 cm³/mol. The minimum absolute atomic E-state index is 0.244. The molecule has 4 nitrogen and oxygen atoms in total. The first-order valence-corrected chi connectivity index (χ1v) is 8.92. The van der Waals surface area contributed by atoms with Crippen LogP contribution in [0, 0.1) is 0 Å². The van der Waals surface area contributed by atoms with Gasteiger partial charge in [-0.1, -0.05) is 25.0 Å². The summed E-state index contributed by atoms with van der Waals surface area (Å²) in [5, 5.41) is 0. The van der Waals surface area contributed by atoms with Crippen molar-refractivity contribution in [1.29, 1.82) is 0 Å². The number of amides is 1. The maximum Gasteiger partial charge on any atom is 0.410 e. The van der Waals surface area contributed by atoms with Gasteiger partial charge in [-0.15, -0.1) is 0 Å². The monoisotopic (exact) mass is 383 g/mol. The Kier molecular flexibility index (Phi) is 5.95. The van der Waals surface area contributed by atoms with Crippen molar-refractivity contribution in [1.82, 2.24) is 4.90 Å². The van der Waals surface area contributed by atoms with Crippen LogP contribution >= 0.6 is 15.9 Å². The van der Waals surface area contributed by atoms with E-state index in [2.05, 4.69) is 15.9 Å². The highest BCUT2D eigenvalue weighted by Gasteiger charge is 2.31. The first-order chi connectivity index (χ1) is 10.8. The summed E-state index contributed by atoms with van der Waals surface area (Å²) in [7, 11) is 1.65. The lowest BCUT2D eigenvalue weighted by molar-refractivity contribution is 0.0143. The molecule has 1 aliphatic carbocycles. The lowest BCUT2D eigenvalue weighted by atomic mass is 10.1. The van der Waals surface area contributed by atoms with Gasteiger partial charge in [0.1, 0.15) is 11.4 Å². The van der Waals surface area contributed by atoms with Crippen LogP contribution < -0.4 is 4.74 Å². The molecule has 0 aromatic heterocycles. The van der Waals surface area contributed by atoms with E-state index in [1.807, 2.05) is 43.9 Å². The number of para-hydroxylation sites is 1. The van der Waals surface area contributed by atoms with Crippen LogP contribution in [0.2, 0.25) is 0 Å². The van der Waals surface area contributed by atoms with Crippen molar-refractivity contribution in [2.24, 2.45) is 0 Å². The van der Waals surface area contributed by atoms with Gasteiger partial charge >= 0.3 is 6.09 Å². The Morgan fingerprint density at radius 3 is 2.52 bits per heavy atom. The Morgan fingerprint density at radius 1 is 1.30 bits per heavy atom. The average Bonchev–Trinajstić information content (AvgIpc) is 2.96. The van der Waals surface area contributed by atoms with Gasteiger partial charge in [-0.2, -0.15) is 0 Å². The summed E-state index contributed by atoms with van der Waals surface area (Å²) in [6.45, 7) is 6.20. The molecular formula is C18H26BrNO3. The summed E-state index contributed by atoms with van der Waals surface area (Å²) < 4.78 is 12.0. The molecular weight excluding hydrogens is 358 g/mol. The van der Waals surface area contributed by atoms with Crippen molar-refractivity contribution >= 4 is 22.0 Å². The third kappa shape index (κ3) is 4.87. The Bertz CT molecular complexity index is 548. The molecule has 128 valence electrons. The molecule has 2 rings (SSSR count). The van der Waals surface area contributed by atoms with Gasteiger partial charge in [0, 0.05) is 11.6 Å². The van der Waals surface area contributed by atoms with Crippen LogP contribution in [0.25, 0.3) is 0 Å². The summed E-state index contributed by atoms with van der Waals surface area (Å²) in [6, 6.07) is 6.14. The van der Waals surface area contributed by atoms with Crippen LogP contribution in [0.3, 0.4) is 0 Å². The molecule has 1 amide bonds. The fourth-order valence-corrected chi connectivity index (χ4v) is 3.54. The van der Waals surface area contributed by atoms with Crippen molar-refractivity contribution in [3.63, 3.8) is 0 Å². The largest absolute Gasteiger partial charge is 0.495 e. The molecule has 0 aliphatic heterocycles. The molecule has 1 aromatic carbocycles. The summed E-state index contributed by atoms with van der Waals surface area (Å²) in [5.74, 6) is 0.777. The third-order valence-corrected chi connectivity index (χ3v) is 4.61. The molecule has 5 heteroatoms.